The van der Waals surface area contributed by atoms with E-state index in [4.69, 9.17) is 0 Å². The molecule has 3 heteroatoms. The van der Waals surface area contributed by atoms with Gasteiger partial charge in [0.25, 0.3) is 0 Å². The minimum atomic E-state index is -0.401. The van der Waals surface area contributed by atoms with Crippen molar-refractivity contribution in [2.24, 2.45) is 0 Å². The number of fused-ring (bicyclic) bond motifs is 1. The van der Waals surface area contributed by atoms with E-state index in [2.05, 4.69) is 6.92 Å². The molecule has 0 aliphatic rings. The van der Waals surface area contributed by atoms with Gasteiger partial charge in [0, 0.05) is 9.58 Å². The number of halogens is 1. The van der Waals surface area contributed by atoms with E-state index in [-0.39, 0.29) is 5.82 Å². The zero-order valence-electron chi connectivity index (χ0n) is 10.7. The summed E-state index contributed by atoms with van der Waals surface area (Å²) in [5, 5.41) is 11.1. The molecule has 2 aromatic rings. The molecule has 1 aromatic carbocycles. The highest BCUT2D eigenvalue weighted by Gasteiger charge is 2.11. The number of thiophene rings is 1. The zero-order valence-corrected chi connectivity index (χ0v) is 11.5. The maximum absolute atomic E-state index is 13.1. The topological polar surface area (TPSA) is 20.2 Å². The summed E-state index contributed by atoms with van der Waals surface area (Å²) in [4.78, 5) is 0.951. The van der Waals surface area contributed by atoms with Crippen molar-refractivity contribution in [2.75, 3.05) is 0 Å². The van der Waals surface area contributed by atoms with Crippen LogP contribution in [0.2, 0.25) is 0 Å². The predicted molar refractivity (Wildman–Crippen MR) is 75.5 cm³/mol. The minimum Gasteiger partial charge on any atom is -0.388 e. The second-order valence-corrected chi connectivity index (χ2v) is 5.81. The maximum Gasteiger partial charge on any atom is 0.124 e. The van der Waals surface area contributed by atoms with Crippen LogP contribution in [0.15, 0.2) is 24.3 Å². The van der Waals surface area contributed by atoms with Gasteiger partial charge in [0.05, 0.1) is 6.10 Å². The first kappa shape index (κ1) is 13.5. The Morgan fingerprint density at radius 2 is 2.06 bits per heavy atom. The van der Waals surface area contributed by atoms with Gasteiger partial charge in [-0.25, -0.2) is 4.39 Å². The van der Waals surface area contributed by atoms with Crippen molar-refractivity contribution in [3.05, 3.63) is 35.0 Å². The number of benzene rings is 1. The average Bonchev–Trinajstić information content (AvgIpc) is 2.77. The number of unbranched alkanes of at least 4 members (excludes halogenated alkanes) is 3. The van der Waals surface area contributed by atoms with Crippen LogP contribution in [0.5, 0.6) is 0 Å². The SMILES string of the molecule is CCCCCCC(O)c1cc2ccc(F)cc2s1. The van der Waals surface area contributed by atoms with Crippen molar-refractivity contribution in [2.45, 2.75) is 45.1 Å². The van der Waals surface area contributed by atoms with Crippen LogP contribution < -0.4 is 0 Å². The summed E-state index contributed by atoms with van der Waals surface area (Å²) in [6, 6.07) is 6.75. The van der Waals surface area contributed by atoms with Crippen LogP contribution in [-0.2, 0) is 0 Å². The van der Waals surface area contributed by atoms with Crippen molar-refractivity contribution in [1.29, 1.82) is 0 Å². The molecule has 0 aliphatic carbocycles. The summed E-state index contributed by atoms with van der Waals surface area (Å²) < 4.78 is 14.0. The third kappa shape index (κ3) is 3.30. The highest BCUT2D eigenvalue weighted by molar-refractivity contribution is 7.19. The molecule has 2 rings (SSSR count). The molecule has 0 fully saturated rings. The zero-order chi connectivity index (χ0) is 13.0. The summed E-state index contributed by atoms with van der Waals surface area (Å²) in [5.41, 5.74) is 0. The summed E-state index contributed by atoms with van der Waals surface area (Å²) in [7, 11) is 0. The van der Waals surface area contributed by atoms with Crippen molar-refractivity contribution < 1.29 is 9.50 Å². The summed E-state index contributed by atoms with van der Waals surface area (Å²) in [5.74, 6) is -0.215. The Morgan fingerprint density at radius 1 is 1.22 bits per heavy atom. The fraction of sp³-hybridized carbons (Fsp3) is 0.467. The van der Waals surface area contributed by atoms with Gasteiger partial charge < -0.3 is 5.11 Å². The van der Waals surface area contributed by atoms with E-state index < -0.39 is 6.10 Å². The molecular formula is C15H19FOS. The van der Waals surface area contributed by atoms with E-state index in [0.29, 0.717) is 0 Å². The van der Waals surface area contributed by atoms with Crippen LogP contribution in [0.4, 0.5) is 4.39 Å². The molecule has 1 heterocycles. The van der Waals surface area contributed by atoms with Crippen LogP contribution in [-0.4, -0.2) is 5.11 Å². The van der Waals surface area contributed by atoms with Gasteiger partial charge in [0.1, 0.15) is 5.82 Å². The molecule has 1 unspecified atom stereocenters. The van der Waals surface area contributed by atoms with E-state index >= 15 is 0 Å². The van der Waals surface area contributed by atoms with Gasteiger partial charge in [0.15, 0.2) is 0 Å². The standard InChI is InChI=1S/C15H19FOS/c1-2-3-4-5-6-13(17)15-9-11-7-8-12(16)10-14(11)18-15/h7-10,13,17H,2-6H2,1H3. The van der Waals surface area contributed by atoms with Gasteiger partial charge in [-0.3, -0.25) is 0 Å². The van der Waals surface area contributed by atoms with Gasteiger partial charge >= 0.3 is 0 Å². The average molecular weight is 266 g/mol. The molecule has 18 heavy (non-hydrogen) atoms. The third-order valence-corrected chi connectivity index (χ3v) is 4.36. The molecule has 1 aromatic heterocycles. The lowest BCUT2D eigenvalue weighted by molar-refractivity contribution is 0.167. The second kappa shape index (κ2) is 6.30. The Kier molecular flexibility index (Phi) is 4.72. The summed E-state index contributed by atoms with van der Waals surface area (Å²) in [6.07, 6.45) is 5.06. The Balaban J connectivity index is 2.01. The molecule has 98 valence electrons. The molecule has 0 amide bonds. The number of aliphatic hydroxyl groups is 1. The number of hydrogen-bond acceptors (Lipinski definition) is 2. The van der Waals surface area contributed by atoms with Gasteiger partial charge in [-0.1, -0.05) is 38.7 Å². The first-order chi connectivity index (χ1) is 8.70. The smallest absolute Gasteiger partial charge is 0.124 e. The van der Waals surface area contributed by atoms with E-state index in [1.165, 1.54) is 42.7 Å². The second-order valence-electron chi connectivity index (χ2n) is 4.70. The van der Waals surface area contributed by atoms with Crippen molar-refractivity contribution in [3.63, 3.8) is 0 Å². The molecule has 0 saturated heterocycles. The van der Waals surface area contributed by atoms with Gasteiger partial charge in [-0.2, -0.15) is 0 Å². The quantitative estimate of drug-likeness (QED) is 0.726. The predicted octanol–water partition coefficient (Wildman–Crippen LogP) is 5.04. The van der Waals surface area contributed by atoms with Crippen LogP contribution >= 0.6 is 11.3 Å². The lowest BCUT2D eigenvalue weighted by Gasteiger charge is -2.07. The number of aliphatic hydroxyl groups excluding tert-OH is 1. The first-order valence-corrected chi connectivity index (χ1v) is 7.39. The Morgan fingerprint density at radius 3 is 2.83 bits per heavy atom. The normalized spacial score (nSPS) is 13.1. The largest absolute Gasteiger partial charge is 0.388 e. The minimum absolute atomic E-state index is 0.215. The van der Waals surface area contributed by atoms with Crippen LogP contribution in [0.1, 0.15) is 50.0 Å². The van der Waals surface area contributed by atoms with E-state index in [0.717, 1.165) is 27.8 Å². The van der Waals surface area contributed by atoms with Crippen molar-refractivity contribution in [1.82, 2.24) is 0 Å². The van der Waals surface area contributed by atoms with Crippen LogP contribution in [0, 0.1) is 5.82 Å². The molecule has 0 bridgehead atoms. The van der Waals surface area contributed by atoms with Gasteiger partial charge in [-0.15, -0.1) is 11.3 Å². The van der Waals surface area contributed by atoms with E-state index in [1.807, 2.05) is 6.07 Å². The third-order valence-electron chi connectivity index (χ3n) is 3.16. The molecule has 0 saturated carbocycles. The lowest BCUT2D eigenvalue weighted by Crippen LogP contribution is -1.93. The number of hydrogen-bond donors (Lipinski definition) is 1. The molecular weight excluding hydrogens is 247 g/mol. The molecule has 1 atom stereocenters. The molecule has 0 spiro atoms. The monoisotopic (exact) mass is 266 g/mol. The Hall–Kier alpha value is -0.930. The van der Waals surface area contributed by atoms with E-state index in [9.17, 15) is 9.50 Å². The summed E-state index contributed by atoms with van der Waals surface area (Å²) in [6.45, 7) is 2.18. The molecule has 0 aliphatic heterocycles. The highest BCUT2D eigenvalue weighted by Crippen LogP contribution is 2.32. The Labute approximate surface area is 111 Å². The summed E-state index contributed by atoms with van der Waals surface area (Å²) >= 11 is 1.49. The Bertz CT molecular complexity index is 506. The lowest BCUT2D eigenvalue weighted by atomic mass is 10.1. The molecule has 0 radical (unpaired) electrons. The fourth-order valence-electron chi connectivity index (χ4n) is 2.10. The highest BCUT2D eigenvalue weighted by atomic mass is 32.1. The molecule has 1 nitrogen and oxygen atoms in total. The number of rotatable bonds is 6. The van der Waals surface area contributed by atoms with Crippen molar-refractivity contribution >= 4 is 21.4 Å². The van der Waals surface area contributed by atoms with Crippen molar-refractivity contribution in [3.8, 4) is 0 Å². The fourth-order valence-corrected chi connectivity index (χ4v) is 3.21. The van der Waals surface area contributed by atoms with Gasteiger partial charge in [-0.05, 0) is 30.0 Å². The maximum atomic E-state index is 13.1. The first-order valence-electron chi connectivity index (χ1n) is 6.57. The molecule has 1 N–H and O–H groups in total. The van der Waals surface area contributed by atoms with Gasteiger partial charge in [0.2, 0.25) is 0 Å². The van der Waals surface area contributed by atoms with Crippen LogP contribution in [0.25, 0.3) is 10.1 Å². The van der Waals surface area contributed by atoms with Crippen LogP contribution in [0.3, 0.4) is 0 Å². The van der Waals surface area contributed by atoms with E-state index in [1.54, 1.807) is 6.07 Å².